The number of rotatable bonds is 6. The Morgan fingerprint density at radius 1 is 1.03 bits per heavy atom. The van der Waals surface area contributed by atoms with E-state index in [1.165, 1.54) is 0 Å². The van der Waals surface area contributed by atoms with E-state index in [-0.39, 0.29) is 28.9 Å². The van der Waals surface area contributed by atoms with Crippen LogP contribution in [0.2, 0.25) is 0 Å². The molecule has 0 bridgehead atoms. The number of ether oxygens (including phenoxy) is 1. The van der Waals surface area contributed by atoms with Crippen LogP contribution >= 0.6 is 11.3 Å². The van der Waals surface area contributed by atoms with Gasteiger partial charge in [0.05, 0.1) is 12.7 Å². The van der Waals surface area contributed by atoms with Crippen LogP contribution in [-0.4, -0.2) is 32.7 Å². The molecule has 0 unspecified atom stereocenters. The van der Waals surface area contributed by atoms with Crippen LogP contribution < -0.4 is 4.74 Å². The Balaban J connectivity index is 1.63. The lowest BCUT2D eigenvalue weighted by Gasteiger charge is -2.25. The van der Waals surface area contributed by atoms with E-state index in [4.69, 9.17) is 4.74 Å². The van der Waals surface area contributed by atoms with Gasteiger partial charge in [-0.1, -0.05) is 19.3 Å². The molecule has 5 rings (SSSR count). The monoisotopic (exact) mass is 474 g/mol. The third kappa shape index (κ3) is 3.96. The first-order valence-corrected chi connectivity index (χ1v) is 12.3. The zero-order valence-electron chi connectivity index (χ0n) is 18.9. The quantitative estimate of drug-likeness (QED) is 0.320. The Morgan fingerprint density at radius 2 is 1.74 bits per heavy atom. The maximum absolute atomic E-state index is 13.6. The molecule has 6 nitrogen and oxygen atoms in total. The van der Waals surface area contributed by atoms with Crippen LogP contribution in [0, 0.1) is 0 Å². The van der Waals surface area contributed by atoms with Gasteiger partial charge in [-0.05, 0) is 61.4 Å². The van der Waals surface area contributed by atoms with E-state index < -0.39 is 0 Å². The van der Waals surface area contributed by atoms with Crippen molar-refractivity contribution in [3.8, 4) is 33.6 Å². The van der Waals surface area contributed by atoms with Crippen LogP contribution in [0.5, 0.6) is 17.4 Å². The molecule has 1 aliphatic rings. The molecular formula is C27H26N2O4S. The lowest BCUT2D eigenvalue weighted by atomic mass is 9.84. The molecule has 0 amide bonds. The summed E-state index contributed by atoms with van der Waals surface area (Å²) in [4.78, 5) is 18.0. The molecule has 7 heteroatoms. The molecule has 2 aromatic carbocycles. The van der Waals surface area contributed by atoms with Crippen molar-refractivity contribution in [1.82, 2.24) is 9.55 Å². The summed E-state index contributed by atoms with van der Waals surface area (Å²) in [5, 5.41) is 24.9. The topological polar surface area (TPSA) is 84.6 Å². The number of carbonyl (C=O) groups is 1. The zero-order valence-corrected chi connectivity index (χ0v) is 19.7. The van der Waals surface area contributed by atoms with Gasteiger partial charge in [-0.3, -0.25) is 9.36 Å². The van der Waals surface area contributed by atoms with Crippen LogP contribution in [0.25, 0.3) is 16.3 Å². The molecule has 174 valence electrons. The first kappa shape index (κ1) is 22.2. The molecule has 4 aromatic rings. The van der Waals surface area contributed by atoms with Crippen LogP contribution in [0.3, 0.4) is 0 Å². The highest BCUT2D eigenvalue weighted by molar-refractivity contribution is 7.13. The van der Waals surface area contributed by atoms with Crippen LogP contribution in [-0.2, 0) is 0 Å². The second-order valence-corrected chi connectivity index (χ2v) is 9.44. The SMILES string of the molecule is COc1ccc(C(=O)c2c(O)c(O)n(-c3ccc(-c4nccs4)cc3)c2C2CCCCC2)cc1. The van der Waals surface area contributed by atoms with Crippen LogP contribution in [0.4, 0.5) is 0 Å². The fourth-order valence-electron chi connectivity index (χ4n) is 4.82. The summed E-state index contributed by atoms with van der Waals surface area (Å²) in [6.45, 7) is 0. The Kier molecular flexibility index (Phi) is 6.11. The third-order valence-electron chi connectivity index (χ3n) is 6.53. The highest BCUT2D eigenvalue weighted by Gasteiger charge is 2.33. The van der Waals surface area contributed by atoms with Crippen molar-refractivity contribution < 1.29 is 19.7 Å². The van der Waals surface area contributed by atoms with Gasteiger partial charge in [0.25, 0.3) is 0 Å². The average molecular weight is 475 g/mol. The van der Waals surface area contributed by atoms with Crippen molar-refractivity contribution in [2.45, 2.75) is 38.0 Å². The summed E-state index contributed by atoms with van der Waals surface area (Å²) in [6.07, 6.45) is 6.83. The molecule has 0 atom stereocenters. The standard InChI is InChI=1S/C27H26N2O4S/c1-33-21-13-9-18(10-14-21)24(30)22-23(17-5-3-2-4-6-17)29(27(32)25(22)31)20-11-7-19(8-12-20)26-28-15-16-34-26/h7-17,31-32H,2-6H2,1H3. The summed E-state index contributed by atoms with van der Waals surface area (Å²) in [5.41, 5.74) is 2.96. The molecule has 2 aromatic heterocycles. The Labute approximate surface area is 202 Å². The van der Waals surface area contributed by atoms with Crippen LogP contribution in [0.1, 0.15) is 59.6 Å². The highest BCUT2D eigenvalue weighted by Crippen LogP contribution is 2.46. The molecule has 1 fully saturated rings. The molecule has 34 heavy (non-hydrogen) atoms. The number of hydrogen-bond donors (Lipinski definition) is 2. The van der Waals surface area contributed by atoms with Gasteiger partial charge in [-0.2, -0.15) is 0 Å². The smallest absolute Gasteiger partial charge is 0.240 e. The van der Waals surface area contributed by atoms with Crippen molar-refractivity contribution in [3.63, 3.8) is 0 Å². The Bertz CT molecular complexity index is 1290. The summed E-state index contributed by atoms with van der Waals surface area (Å²) < 4.78 is 6.85. The average Bonchev–Trinajstić information content (AvgIpc) is 3.52. The summed E-state index contributed by atoms with van der Waals surface area (Å²) in [5.74, 6) is -0.274. The number of ketones is 1. The van der Waals surface area contributed by atoms with Crippen molar-refractivity contribution in [1.29, 1.82) is 0 Å². The van der Waals surface area contributed by atoms with Gasteiger partial charge in [0.1, 0.15) is 10.8 Å². The summed E-state index contributed by atoms with van der Waals surface area (Å²) in [6, 6.07) is 14.5. The number of hydrogen-bond acceptors (Lipinski definition) is 6. The van der Waals surface area contributed by atoms with Crippen molar-refractivity contribution in [3.05, 3.63) is 76.9 Å². The second kappa shape index (κ2) is 9.35. The van der Waals surface area contributed by atoms with E-state index in [9.17, 15) is 15.0 Å². The fourth-order valence-corrected chi connectivity index (χ4v) is 5.46. The Morgan fingerprint density at radius 3 is 2.35 bits per heavy atom. The molecule has 2 heterocycles. The first-order chi connectivity index (χ1) is 16.6. The molecular weight excluding hydrogens is 448 g/mol. The largest absolute Gasteiger partial charge is 0.503 e. The molecule has 0 saturated heterocycles. The minimum absolute atomic E-state index is 0.0661. The predicted octanol–water partition coefficient (Wildman–Crippen LogP) is 6.30. The lowest BCUT2D eigenvalue weighted by Crippen LogP contribution is -2.14. The third-order valence-corrected chi connectivity index (χ3v) is 7.36. The van der Waals surface area contributed by atoms with E-state index in [0.717, 1.165) is 42.7 Å². The fraction of sp³-hybridized carbons (Fsp3) is 0.259. The van der Waals surface area contributed by atoms with Crippen molar-refractivity contribution in [2.24, 2.45) is 0 Å². The normalized spacial score (nSPS) is 14.3. The van der Waals surface area contributed by atoms with Gasteiger partial charge >= 0.3 is 0 Å². The van der Waals surface area contributed by atoms with Crippen molar-refractivity contribution in [2.75, 3.05) is 7.11 Å². The number of aromatic hydroxyl groups is 2. The summed E-state index contributed by atoms with van der Waals surface area (Å²) >= 11 is 1.56. The van der Waals surface area contributed by atoms with E-state index >= 15 is 0 Å². The molecule has 1 aliphatic carbocycles. The van der Waals surface area contributed by atoms with E-state index in [2.05, 4.69) is 4.98 Å². The van der Waals surface area contributed by atoms with Gasteiger partial charge in [0.2, 0.25) is 5.88 Å². The number of methoxy groups -OCH3 is 1. The van der Waals surface area contributed by atoms with Gasteiger partial charge < -0.3 is 14.9 Å². The lowest BCUT2D eigenvalue weighted by molar-refractivity contribution is 0.103. The van der Waals surface area contributed by atoms with Crippen LogP contribution in [0.15, 0.2) is 60.1 Å². The van der Waals surface area contributed by atoms with E-state index in [0.29, 0.717) is 22.7 Å². The molecule has 0 aliphatic heterocycles. The second-order valence-electron chi connectivity index (χ2n) is 8.54. The minimum Gasteiger partial charge on any atom is -0.503 e. The number of benzene rings is 2. The molecule has 1 saturated carbocycles. The highest BCUT2D eigenvalue weighted by atomic mass is 32.1. The van der Waals surface area contributed by atoms with Crippen molar-refractivity contribution >= 4 is 17.1 Å². The predicted molar refractivity (Wildman–Crippen MR) is 132 cm³/mol. The molecule has 0 spiro atoms. The number of carbonyl (C=O) groups excluding carboxylic acids is 1. The number of thiazole rings is 1. The first-order valence-electron chi connectivity index (χ1n) is 11.4. The number of aromatic nitrogens is 2. The van der Waals surface area contributed by atoms with Gasteiger partial charge in [-0.25, -0.2) is 4.98 Å². The maximum atomic E-state index is 13.6. The zero-order chi connectivity index (χ0) is 23.7. The minimum atomic E-state index is -0.370. The van der Waals surface area contributed by atoms with Gasteiger partial charge in [-0.15, -0.1) is 11.3 Å². The maximum Gasteiger partial charge on any atom is 0.240 e. The number of nitrogens with zero attached hydrogens (tertiary/aromatic N) is 2. The van der Waals surface area contributed by atoms with Gasteiger partial charge in [0.15, 0.2) is 11.5 Å². The summed E-state index contributed by atoms with van der Waals surface area (Å²) in [7, 11) is 1.57. The Hall–Kier alpha value is -3.58. The van der Waals surface area contributed by atoms with E-state index in [1.54, 1.807) is 53.5 Å². The molecule has 0 radical (unpaired) electrons. The molecule has 2 N–H and O–H groups in total. The van der Waals surface area contributed by atoms with Gasteiger partial charge in [0, 0.05) is 40.0 Å². The van der Waals surface area contributed by atoms with E-state index in [1.807, 2.05) is 29.6 Å².